The zero-order valence-electron chi connectivity index (χ0n) is 33.3. The lowest BCUT2D eigenvalue weighted by molar-refractivity contribution is -0.133. The van der Waals surface area contributed by atoms with Gasteiger partial charge in [0, 0.05) is 98.0 Å². The molecule has 2 atom stereocenters. The number of carbonyl (C=O) groups is 4. The van der Waals surface area contributed by atoms with E-state index in [0.717, 1.165) is 65.0 Å². The molecule has 4 aliphatic rings. The second kappa shape index (κ2) is 16.5. The van der Waals surface area contributed by atoms with Crippen LogP contribution in [0, 0.1) is 23.5 Å². The highest BCUT2D eigenvalue weighted by molar-refractivity contribution is 7.90. The van der Waals surface area contributed by atoms with E-state index in [4.69, 9.17) is 0 Å². The van der Waals surface area contributed by atoms with Crippen LogP contribution < -0.4 is 9.62 Å². The molecule has 13 nitrogen and oxygen atoms in total. The lowest BCUT2D eigenvalue weighted by Crippen LogP contribution is -2.46. The Bertz CT molecular complexity index is 2830. The standard InChI is InChI=1S/C45H40F3N7O6S/c46-31-13-15-54(26-31)62(60,61)51-38-11-10-37(47)41(42(38)48)43(58)36-24-50-44-35(36)21-29(23-49-44)28-4-6-32(7-5-28)53-18-16-52(17-19-53)14-1-2-27-3-9-34-30(20-27)25-55(45(34)59)39-12-8-33(56)22-40(39)57/h3-7,9-11,20-21,23-24,31,39,51H,8,12-19,22,25-26H2,(H,49,50)/t31-,39+/m1/s1. The first-order valence-electron chi connectivity index (χ1n) is 20.3. The van der Waals surface area contributed by atoms with Crippen LogP contribution in [0.25, 0.3) is 22.2 Å². The van der Waals surface area contributed by atoms with E-state index in [9.17, 15) is 32.0 Å². The summed E-state index contributed by atoms with van der Waals surface area (Å²) in [5, 5.41) is 0.316. The molecule has 3 aliphatic heterocycles. The van der Waals surface area contributed by atoms with Gasteiger partial charge in [0.15, 0.2) is 11.6 Å². The minimum Gasteiger partial charge on any atom is -0.369 e. The number of pyridine rings is 1. The third kappa shape index (κ3) is 7.96. The molecule has 0 bridgehead atoms. The van der Waals surface area contributed by atoms with Crippen LogP contribution in [-0.4, -0.2) is 114 Å². The predicted molar refractivity (Wildman–Crippen MR) is 224 cm³/mol. The third-order valence-electron chi connectivity index (χ3n) is 12.0. The van der Waals surface area contributed by atoms with Gasteiger partial charge in [-0.15, -0.1) is 0 Å². The van der Waals surface area contributed by atoms with E-state index in [1.165, 1.54) is 6.20 Å². The molecule has 3 aromatic carbocycles. The molecular weight excluding hydrogens is 824 g/mol. The monoisotopic (exact) mass is 863 g/mol. The molecule has 0 radical (unpaired) electrons. The Hall–Kier alpha value is -6.35. The van der Waals surface area contributed by atoms with Crippen LogP contribution in [0.4, 0.5) is 24.5 Å². The maximum Gasteiger partial charge on any atom is 0.301 e. The minimum atomic E-state index is -4.36. The van der Waals surface area contributed by atoms with Gasteiger partial charge in [-0.3, -0.25) is 28.8 Å². The Morgan fingerprint density at radius 3 is 2.47 bits per heavy atom. The van der Waals surface area contributed by atoms with Crippen molar-refractivity contribution in [2.75, 3.05) is 55.4 Å². The van der Waals surface area contributed by atoms with Crippen LogP contribution >= 0.6 is 0 Å². The highest BCUT2D eigenvalue weighted by Gasteiger charge is 2.39. The maximum absolute atomic E-state index is 15.7. The van der Waals surface area contributed by atoms with Gasteiger partial charge in [-0.1, -0.05) is 24.0 Å². The molecule has 5 aromatic rings. The molecule has 2 saturated heterocycles. The number of nitrogens with zero attached hydrogens (tertiary/aromatic N) is 5. The van der Waals surface area contributed by atoms with Crippen molar-refractivity contribution in [1.29, 1.82) is 0 Å². The normalized spacial score (nSPS) is 19.8. The molecule has 62 heavy (non-hydrogen) atoms. The number of aromatic amines is 1. The summed E-state index contributed by atoms with van der Waals surface area (Å²) in [6.45, 7) is 3.55. The number of anilines is 2. The SMILES string of the molecule is O=C1CC[C@H](N2Cc3cc(C#CCN4CCN(c5ccc(-c6cnc7[nH]cc(C(=O)c8c(F)ccc(NS(=O)(=O)N9CC[C@@H](F)C9)c8F)c7c6)cc5)CC4)ccc3C2=O)C(=O)C1. The zero-order chi connectivity index (χ0) is 43.3. The first-order chi connectivity index (χ1) is 29.8. The van der Waals surface area contributed by atoms with Crippen molar-refractivity contribution in [3.05, 3.63) is 113 Å². The molecule has 3 fully saturated rings. The van der Waals surface area contributed by atoms with Crippen LogP contribution in [0.5, 0.6) is 0 Å². The number of hydrogen-bond acceptors (Lipinski definition) is 9. The number of hydrogen-bond donors (Lipinski definition) is 2. The minimum absolute atomic E-state index is 0.00127. The molecule has 9 rings (SSSR count). The van der Waals surface area contributed by atoms with Crippen LogP contribution in [0.15, 0.2) is 73.1 Å². The number of benzene rings is 3. The molecule has 1 aliphatic carbocycles. The number of Topliss-reactive ketones (excluding diaryl/α,β-unsaturated/α-hetero) is 2. The van der Waals surface area contributed by atoms with E-state index >= 15 is 8.78 Å². The third-order valence-corrected chi connectivity index (χ3v) is 13.5. The van der Waals surface area contributed by atoms with Crippen LogP contribution in [-0.2, 0) is 26.3 Å². The summed E-state index contributed by atoms with van der Waals surface area (Å²) >= 11 is 0. The number of halogens is 3. The van der Waals surface area contributed by atoms with Gasteiger partial charge < -0.3 is 14.8 Å². The van der Waals surface area contributed by atoms with Crippen molar-refractivity contribution in [3.8, 4) is 23.0 Å². The summed E-state index contributed by atoms with van der Waals surface area (Å²) in [4.78, 5) is 64.4. The fourth-order valence-electron chi connectivity index (χ4n) is 8.58. The van der Waals surface area contributed by atoms with E-state index < -0.39 is 57.6 Å². The maximum atomic E-state index is 15.7. The Balaban J connectivity index is 0.821. The number of piperazine rings is 1. The Labute approximate surface area is 355 Å². The Kier molecular flexibility index (Phi) is 10.9. The molecule has 1 amide bonds. The first-order valence-corrected chi connectivity index (χ1v) is 21.7. The second-order valence-corrected chi connectivity index (χ2v) is 17.6. The molecule has 0 unspecified atom stereocenters. The summed E-state index contributed by atoms with van der Waals surface area (Å²) in [7, 11) is -4.36. The number of alkyl halides is 1. The number of H-pyrrole nitrogens is 1. The number of fused-ring (bicyclic) bond motifs is 2. The van der Waals surface area contributed by atoms with Crippen molar-refractivity contribution in [1.82, 2.24) is 24.1 Å². The quantitative estimate of drug-likeness (QED) is 0.115. The smallest absolute Gasteiger partial charge is 0.301 e. The van der Waals surface area contributed by atoms with Gasteiger partial charge in [0.05, 0.1) is 30.3 Å². The fraction of sp³-hybridized carbons (Fsp3) is 0.311. The van der Waals surface area contributed by atoms with Gasteiger partial charge >= 0.3 is 10.2 Å². The predicted octanol–water partition coefficient (Wildman–Crippen LogP) is 5.26. The highest BCUT2D eigenvalue weighted by Crippen LogP contribution is 2.32. The van der Waals surface area contributed by atoms with Crippen molar-refractivity contribution in [2.24, 2.45) is 0 Å². The first kappa shape index (κ1) is 41.0. The van der Waals surface area contributed by atoms with Crippen molar-refractivity contribution < 1.29 is 40.8 Å². The molecular formula is C45H40F3N7O6S. The van der Waals surface area contributed by atoms with Gasteiger partial charge in [0.1, 0.15) is 23.4 Å². The fourth-order valence-corrected chi connectivity index (χ4v) is 9.84. The number of aromatic nitrogens is 2. The molecule has 2 aromatic heterocycles. The largest absolute Gasteiger partial charge is 0.369 e. The highest BCUT2D eigenvalue weighted by atomic mass is 32.2. The van der Waals surface area contributed by atoms with Gasteiger partial charge in [0.2, 0.25) is 5.78 Å². The lowest BCUT2D eigenvalue weighted by atomic mass is 9.92. The van der Waals surface area contributed by atoms with Gasteiger partial charge in [-0.05, 0) is 72.5 Å². The van der Waals surface area contributed by atoms with Crippen molar-refractivity contribution in [2.45, 2.75) is 44.4 Å². The zero-order valence-corrected chi connectivity index (χ0v) is 34.1. The average molecular weight is 864 g/mol. The van der Waals surface area contributed by atoms with Gasteiger partial charge in [0.25, 0.3) is 5.91 Å². The summed E-state index contributed by atoms with van der Waals surface area (Å²) < 4.78 is 72.9. The molecule has 5 heterocycles. The van der Waals surface area contributed by atoms with E-state index in [1.807, 2.05) is 41.1 Å². The summed E-state index contributed by atoms with van der Waals surface area (Å²) in [5.41, 5.74) is 3.35. The van der Waals surface area contributed by atoms with Crippen molar-refractivity contribution in [3.63, 3.8) is 0 Å². The lowest BCUT2D eigenvalue weighted by Gasteiger charge is -2.35. The number of ketones is 3. The number of carbonyl (C=O) groups excluding carboxylic acids is 4. The second-order valence-electron chi connectivity index (χ2n) is 15.9. The number of amides is 1. The molecule has 318 valence electrons. The van der Waals surface area contributed by atoms with Crippen LogP contribution in [0.3, 0.4) is 0 Å². The van der Waals surface area contributed by atoms with E-state index in [2.05, 4.69) is 31.6 Å². The molecule has 1 saturated carbocycles. The Morgan fingerprint density at radius 2 is 1.73 bits per heavy atom. The summed E-state index contributed by atoms with van der Waals surface area (Å²) in [6.07, 6.45) is 2.14. The van der Waals surface area contributed by atoms with E-state index in [0.29, 0.717) is 48.1 Å². The van der Waals surface area contributed by atoms with E-state index in [1.54, 1.807) is 23.2 Å². The number of nitrogens with one attached hydrogen (secondary N) is 2. The summed E-state index contributed by atoms with van der Waals surface area (Å²) in [5.74, 6) is 2.45. The topological polar surface area (TPSA) is 156 Å². The van der Waals surface area contributed by atoms with Crippen LogP contribution in [0.2, 0.25) is 0 Å². The van der Waals surface area contributed by atoms with E-state index in [-0.39, 0.29) is 42.4 Å². The van der Waals surface area contributed by atoms with Crippen molar-refractivity contribution >= 4 is 55.9 Å². The Morgan fingerprint density at radius 1 is 0.935 bits per heavy atom. The number of rotatable bonds is 9. The summed E-state index contributed by atoms with van der Waals surface area (Å²) in [6, 6.07) is 16.2. The molecule has 0 spiro atoms. The van der Waals surface area contributed by atoms with Gasteiger partial charge in [-0.2, -0.15) is 12.7 Å². The molecule has 2 N–H and O–H groups in total. The van der Waals surface area contributed by atoms with Gasteiger partial charge in [-0.25, -0.2) is 18.2 Å². The van der Waals surface area contributed by atoms with Crippen LogP contribution in [0.1, 0.15) is 63.1 Å². The molecule has 17 heteroatoms. The average Bonchev–Trinajstić information content (AvgIpc) is 3.99.